The van der Waals surface area contributed by atoms with Gasteiger partial charge in [0.15, 0.2) is 0 Å². The van der Waals surface area contributed by atoms with E-state index in [0.29, 0.717) is 37.4 Å². The van der Waals surface area contributed by atoms with Crippen LogP contribution in [0.1, 0.15) is 56.2 Å². The average Bonchev–Trinajstić information content (AvgIpc) is 3.82. The molecule has 44 heavy (non-hydrogen) atoms. The number of aryl methyl sites for hydroxylation is 1. The van der Waals surface area contributed by atoms with Crippen molar-refractivity contribution in [3.63, 3.8) is 0 Å². The summed E-state index contributed by atoms with van der Waals surface area (Å²) in [6.45, 7) is 5.15. The zero-order chi connectivity index (χ0) is 31.5. The Balaban J connectivity index is 1.51. The zero-order valence-corrected chi connectivity index (χ0v) is 26.9. The normalized spacial score (nSPS) is 13.9. The standard InChI is InChI=1S/C34H42ClN3O5S/c1-25(2)43-22-6-21-36-34(40)32(23-27-7-4-3-5-8-27)38(24-28-9-14-29(35)15-10-28)33(39)20-13-26-11-18-31(19-12-26)44(41,42)37-30-16-17-30/h3-5,7-12,14-15,18-19,25,30,32,37H,6,13,16-17,20-24H2,1-2H3,(H,36,40)/t32-/m0/s1. The Morgan fingerprint density at radius 2 is 1.59 bits per heavy atom. The average molecular weight is 640 g/mol. The second kappa shape index (κ2) is 16.2. The fourth-order valence-corrected chi connectivity index (χ4v) is 6.21. The van der Waals surface area contributed by atoms with Crippen LogP contribution in [-0.2, 0) is 43.7 Å². The minimum atomic E-state index is -3.55. The molecular weight excluding hydrogens is 598 g/mol. The summed E-state index contributed by atoms with van der Waals surface area (Å²) in [6.07, 6.45) is 3.41. The highest BCUT2D eigenvalue weighted by atomic mass is 35.5. The van der Waals surface area contributed by atoms with E-state index < -0.39 is 16.1 Å². The fraction of sp³-hybridized carbons (Fsp3) is 0.412. The molecule has 0 aliphatic heterocycles. The van der Waals surface area contributed by atoms with Gasteiger partial charge in [-0.05, 0) is 80.5 Å². The topological polar surface area (TPSA) is 105 Å². The number of nitrogens with zero attached hydrogens (tertiary/aromatic N) is 1. The van der Waals surface area contributed by atoms with Gasteiger partial charge in [-0.1, -0.05) is 66.2 Å². The van der Waals surface area contributed by atoms with Crippen LogP contribution in [0, 0.1) is 0 Å². The monoisotopic (exact) mass is 639 g/mol. The molecule has 0 aromatic heterocycles. The summed E-state index contributed by atoms with van der Waals surface area (Å²) >= 11 is 6.12. The van der Waals surface area contributed by atoms with Crippen molar-refractivity contribution in [1.82, 2.24) is 14.9 Å². The van der Waals surface area contributed by atoms with Crippen molar-refractivity contribution in [1.29, 1.82) is 0 Å². The molecular formula is C34H42ClN3O5S. The molecule has 10 heteroatoms. The molecule has 8 nitrogen and oxygen atoms in total. The minimum absolute atomic E-state index is 0.0262. The van der Waals surface area contributed by atoms with Gasteiger partial charge < -0.3 is 15.0 Å². The van der Waals surface area contributed by atoms with Crippen molar-refractivity contribution in [2.75, 3.05) is 13.2 Å². The number of benzene rings is 3. The zero-order valence-electron chi connectivity index (χ0n) is 25.4. The number of hydrogen-bond acceptors (Lipinski definition) is 5. The molecule has 4 rings (SSSR count). The van der Waals surface area contributed by atoms with Crippen molar-refractivity contribution in [2.24, 2.45) is 0 Å². The molecule has 3 aromatic rings. The Kier molecular flexibility index (Phi) is 12.4. The van der Waals surface area contributed by atoms with Gasteiger partial charge in [0.2, 0.25) is 21.8 Å². The van der Waals surface area contributed by atoms with Crippen molar-refractivity contribution in [3.05, 3.63) is 101 Å². The summed E-state index contributed by atoms with van der Waals surface area (Å²) in [5, 5.41) is 3.61. The lowest BCUT2D eigenvalue weighted by molar-refractivity contribution is -0.141. The van der Waals surface area contributed by atoms with Gasteiger partial charge in [-0.15, -0.1) is 0 Å². The third-order valence-electron chi connectivity index (χ3n) is 7.37. The Labute approximate surface area is 266 Å². The lowest BCUT2D eigenvalue weighted by atomic mass is 10.0. The second-order valence-electron chi connectivity index (χ2n) is 11.5. The predicted octanol–water partition coefficient (Wildman–Crippen LogP) is 5.28. The molecule has 0 unspecified atom stereocenters. The highest BCUT2D eigenvalue weighted by Gasteiger charge is 2.30. The van der Waals surface area contributed by atoms with Crippen LogP contribution in [0.15, 0.2) is 83.8 Å². The van der Waals surface area contributed by atoms with Crippen molar-refractivity contribution in [2.45, 2.75) is 82.0 Å². The number of amides is 2. The molecule has 2 N–H and O–H groups in total. The van der Waals surface area contributed by atoms with Gasteiger partial charge >= 0.3 is 0 Å². The summed E-state index contributed by atoms with van der Waals surface area (Å²) in [7, 11) is -3.55. The van der Waals surface area contributed by atoms with Gasteiger partial charge in [-0.3, -0.25) is 9.59 Å². The lowest BCUT2D eigenvalue weighted by Crippen LogP contribution is -2.50. The number of hydrogen-bond donors (Lipinski definition) is 2. The van der Waals surface area contributed by atoms with Gasteiger partial charge in [0.25, 0.3) is 0 Å². The molecule has 3 aromatic carbocycles. The maximum atomic E-state index is 13.9. The molecule has 236 valence electrons. The van der Waals surface area contributed by atoms with Crippen LogP contribution >= 0.6 is 11.6 Å². The Morgan fingerprint density at radius 3 is 2.23 bits per heavy atom. The number of ether oxygens (including phenoxy) is 1. The summed E-state index contributed by atoms with van der Waals surface area (Å²) in [5.74, 6) is -0.398. The minimum Gasteiger partial charge on any atom is -0.379 e. The molecule has 0 spiro atoms. The fourth-order valence-electron chi connectivity index (χ4n) is 4.78. The summed E-state index contributed by atoms with van der Waals surface area (Å²) in [5.41, 5.74) is 2.64. The quantitative estimate of drug-likeness (QED) is 0.196. The summed E-state index contributed by atoms with van der Waals surface area (Å²) in [6, 6.07) is 22.8. The Morgan fingerprint density at radius 1 is 0.932 bits per heavy atom. The van der Waals surface area contributed by atoms with Crippen LogP contribution in [0.2, 0.25) is 5.02 Å². The first-order valence-corrected chi connectivity index (χ1v) is 17.1. The van der Waals surface area contributed by atoms with Crippen LogP contribution < -0.4 is 10.0 Å². The van der Waals surface area contributed by atoms with E-state index >= 15 is 0 Å². The first kappa shape index (κ1) is 33.6. The van der Waals surface area contributed by atoms with Crippen LogP contribution in [0.4, 0.5) is 0 Å². The molecule has 1 saturated carbocycles. The summed E-state index contributed by atoms with van der Waals surface area (Å²) in [4.78, 5) is 29.5. The highest BCUT2D eigenvalue weighted by molar-refractivity contribution is 7.89. The van der Waals surface area contributed by atoms with Crippen LogP contribution in [0.3, 0.4) is 0 Å². The Hall–Kier alpha value is -3.24. The number of halogens is 1. The van der Waals surface area contributed by atoms with E-state index in [-0.39, 0.29) is 41.8 Å². The van der Waals surface area contributed by atoms with E-state index in [1.165, 1.54) is 0 Å². The lowest BCUT2D eigenvalue weighted by Gasteiger charge is -2.32. The van der Waals surface area contributed by atoms with Gasteiger partial charge in [-0.2, -0.15) is 0 Å². The van der Waals surface area contributed by atoms with Crippen molar-refractivity contribution in [3.8, 4) is 0 Å². The van der Waals surface area contributed by atoms with Gasteiger partial charge in [0.05, 0.1) is 11.0 Å². The molecule has 2 amide bonds. The predicted molar refractivity (Wildman–Crippen MR) is 173 cm³/mol. The smallest absolute Gasteiger partial charge is 0.243 e. The highest BCUT2D eigenvalue weighted by Crippen LogP contribution is 2.23. The maximum absolute atomic E-state index is 13.9. The van der Waals surface area contributed by atoms with Gasteiger partial charge in [0.1, 0.15) is 6.04 Å². The molecule has 0 bridgehead atoms. The van der Waals surface area contributed by atoms with Gasteiger partial charge in [-0.25, -0.2) is 13.1 Å². The largest absolute Gasteiger partial charge is 0.379 e. The third-order valence-corrected chi connectivity index (χ3v) is 9.16. The van der Waals surface area contributed by atoms with E-state index in [0.717, 1.165) is 29.5 Å². The number of rotatable bonds is 17. The molecule has 0 radical (unpaired) electrons. The van der Waals surface area contributed by atoms with Crippen LogP contribution in [-0.4, -0.2) is 56.5 Å². The van der Waals surface area contributed by atoms with E-state index in [9.17, 15) is 18.0 Å². The molecule has 1 fully saturated rings. The van der Waals surface area contributed by atoms with E-state index in [2.05, 4.69) is 10.0 Å². The molecule has 1 aliphatic rings. The first-order valence-electron chi connectivity index (χ1n) is 15.2. The number of sulfonamides is 1. The molecule has 1 atom stereocenters. The third kappa shape index (κ3) is 10.7. The van der Waals surface area contributed by atoms with Crippen LogP contribution in [0.25, 0.3) is 0 Å². The van der Waals surface area contributed by atoms with Crippen LogP contribution in [0.5, 0.6) is 0 Å². The number of carbonyl (C=O) groups is 2. The molecule has 0 heterocycles. The van der Waals surface area contributed by atoms with E-state index in [4.69, 9.17) is 16.3 Å². The number of carbonyl (C=O) groups excluding carboxylic acids is 2. The number of nitrogens with one attached hydrogen (secondary N) is 2. The van der Waals surface area contributed by atoms with Crippen molar-refractivity contribution < 1.29 is 22.7 Å². The van der Waals surface area contributed by atoms with Gasteiger partial charge in [0, 0.05) is 43.6 Å². The second-order valence-corrected chi connectivity index (χ2v) is 13.6. The van der Waals surface area contributed by atoms with E-state index in [1.54, 1.807) is 41.3 Å². The Bertz CT molecular complexity index is 1460. The first-order chi connectivity index (χ1) is 21.1. The molecule has 1 aliphatic carbocycles. The SMILES string of the molecule is CC(C)OCCCNC(=O)[C@H](Cc1ccccc1)N(Cc1ccc(Cl)cc1)C(=O)CCc1ccc(S(=O)(=O)NC2CC2)cc1. The van der Waals surface area contributed by atoms with E-state index in [1.807, 2.05) is 56.3 Å². The van der Waals surface area contributed by atoms with Crippen molar-refractivity contribution >= 4 is 33.4 Å². The molecule has 0 saturated heterocycles. The maximum Gasteiger partial charge on any atom is 0.243 e. The summed E-state index contributed by atoms with van der Waals surface area (Å²) < 4.78 is 33.4.